The van der Waals surface area contributed by atoms with Crippen molar-refractivity contribution >= 4 is 24.3 Å². The molecule has 8 heteroatoms. The average molecular weight is 403 g/mol. The van der Waals surface area contributed by atoms with Gasteiger partial charge in [-0.05, 0) is 36.1 Å². The molecule has 3 amide bonds. The first-order valence-corrected chi connectivity index (χ1v) is 8.92. The molecule has 0 radical (unpaired) electrons. The quantitative estimate of drug-likeness (QED) is 0.593. The third kappa shape index (κ3) is 9.06. The zero-order chi connectivity index (χ0) is 19.7. The number of nitrogens with zero attached hydrogens (tertiary/aromatic N) is 1. The highest BCUT2D eigenvalue weighted by molar-refractivity contribution is 5.87. The molecule has 0 bridgehead atoms. The fraction of sp³-hybridized carbons (Fsp3) is 0.579. The topological polar surface area (TPSA) is 87.5 Å². The van der Waals surface area contributed by atoms with Crippen LogP contribution in [0.5, 0.6) is 0 Å². The number of nitrogens with two attached hydrogens (primary N) is 1. The van der Waals surface area contributed by atoms with E-state index in [0.29, 0.717) is 19.5 Å². The Bertz CT molecular complexity index is 596. The van der Waals surface area contributed by atoms with Gasteiger partial charge in [0.25, 0.3) is 0 Å². The largest absolute Gasteiger partial charge is 0.343 e. The van der Waals surface area contributed by atoms with Crippen molar-refractivity contribution in [2.24, 2.45) is 11.1 Å². The van der Waals surface area contributed by atoms with Crippen molar-refractivity contribution in [3.63, 3.8) is 0 Å². The lowest BCUT2D eigenvalue weighted by Gasteiger charge is -2.31. The van der Waals surface area contributed by atoms with E-state index in [0.717, 1.165) is 12.0 Å². The lowest BCUT2D eigenvalue weighted by Crippen LogP contribution is -2.52. The van der Waals surface area contributed by atoms with Crippen LogP contribution in [0.2, 0.25) is 0 Å². The summed E-state index contributed by atoms with van der Waals surface area (Å²) in [6.07, 6.45) is 1.32. The van der Waals surface area contributed by atoms with Crippen molar-refractivity contribution in [1.29, 1.82) is 0 Å². The van der Waals surface area contributed by atoms with Crippen LogP contribution in [0.3, 0.4) is 0 Å². The van der Waals surface area contributed by atoms with E-state index < -0.39 is 12.1 Å². The fourth-order valence-corrected chi connectivity index (χ4v) is 2.59. The SMILES string of the molecule is CCCC(NC(=O)NCc1ccc(F)cc1)C(=O)N(C)CC(C)(C)CN.Cl. The Morgan fingerprint density at radius 1 is 1.26 bits per heavy atom. The molecule has 0 saturated carbocycles. The van der Waals surface area contributed by atoms with Crippen LogP contribution < -0.4 is 16.4 Å². The lowest BCUT2D eigenvalue weighted by atomic mass is 9.93. The Hall–Kier alpha value is -1.86. The van der Waals surface area contributed by atoms with Gasteiger partial charge in [-0.15, -0.1) is 12.4 Å². The summed E-state index contributed by atoms with van der Waals surface area (Å²) >= 11 is 0. The Morgan fingerprint density at radius 2 is 1.85 bits per heavy atom. The van der Waals surface area contributed by atoms with Gasteiger partial charge in [0.2, 0.25) is 5.91 Å². The number of carbonyl (C=O) groups excluding carboxylic acids is 2. The first-order valence-electron chi connectivity index (χ1n) is 8.92. The number of carbonyl (C=O) groups is 2. The van der Waals surface area contributed by atoms with Crippen LogP contribution in [0.1, 0.15) is 39.2 Å². The van der Waals surface area contributed by atoms with Gasteiger partial charge in [-0.2, -0.15) is 0 Å². The normalized spacial score (nSPS) is 11.9. The highest BCUT2D eigenvalue weighted by Crippen LogP contribution is 2.15. The van der Waals surface area contributed by atoms with E-state index >= 15 is 0 Å². The van der Waals surface area contributed by atoms with Crippen LogP contribution in [0, 0.1) is 11.2 Å². The molecule has 0 heterocycles. The van der Waals surface area contributed by atoms with Gasteiger partial charge in [0.05, 0.1) is 0 Å². The molecule has 27 heavy (non-hydrogen) atoms. The molecule has 0 saturated heterocycles. The minimum absolute atomic E-state index is 0. The van der Waals surface area contributed by atoms with Crippen LogP contribution in [0.4, 0.5) is 9.18 Å². The van der Waals surface area contributed by atoms with Crippen LogP contribution in [0.25, 0.3) is 0 Å². The van der Waals surface area contributed by atoms with Crippen molar-refractivity contribution in [1.82, 2.24) is 15.5 Å². The van der Waals surface area contributed by atoms with Crippen LogP contribution >= 0.6 is 12.4 Å². The van der Waals surface area contributed by atoms with Crippen molar-refractivity contribution in [3.05, 3.63) is 35.6 Å². The van der Waals surface area contributed by atoms with E-state index in [1.54, 1.807) is 24.1 Å². The standard InChI is InChI=1S/C19H31FN4O2.ClH/c1-5-6-16(17(25)24(4)13-19(2,3)12-21)23-18(26)22-11-14-7-9-15(20)10-8-14;/h7-10,16H,5-6,11-13,21H2,1-4H3,(H2,22,23,26);1H. The number of likely N-dealkylation sites (N-methyl/N-ethyl adjacent to an activating group) is 1. The van der Waals surface area contributed by atoms with Gasteiger partial charge in [-0.1, -0.05) is 39.3 Å². The number of rotatable bonds is 9. The first-order chi connectivity index (χ1) is 12.2. The molecule has 6 nitrogen and oxygen atoms in total. The van der Waals surface area contributed by atoms with Crippen LogP contribution in [-0.4, -0.2) is 43.0 Å². The molecule has 154 valence electrons. The molecule has 1 unspecified atom stereocenters. The minimum Gasteiger partial charge on any atom is -0.343 e. The zero-order valence-electron chi connectivity index (χ0n) is 16.5. The number of hydrogen-bond acceptors (Lipinski definition) is 3. The number of urea groups is 1. The van der Waals surface area contributed by atoms with Gasteiger partial charge in [0, 0.05) is 20.1 Å². The summed E-state index contributed by atoms with van der Waals surface area (Å²) in [6, 6.07) is 4.87. The monoisotopic (exact) mass is 402 g/mol. The van der Waals surface area contributed by atoms with E-state index in [9.17, 15) is 14.0 Å². The van der Waals surface area contributed by atoms with Gasteiger partial charge in [0.15, 0.2) is 0 Å². The second kappa shape index (κ2) is 11.8. The maximum absolute atomic E-state index is 12.9. The maximum atomic E-state index is 12.9. The molecule has 0 aliphatic carbocycles. The molecule has 1 rings (SSSR count). The second-order valence-corrected chi connectivity index (χ2v) is 7.36. The molecule has 0 fully saturated rings. The summed E-state index contributed by atoms with van der Waals surface area (Å²) in [5, 5.41) is 5.43. The van der Waals surface area contributed by atoms with Crippen molar-refractivity contribution in [3.8, 4) is 0 Å². The number of halogens is 2. The van der Waals surface area contributed by atoms with Gasteiger partial charge in [-0.3, -0.25) is 4.79 Å². The fourth-order valence-electron chi connectivity index (χ4n) is 2.59. The van der Waals surface area contributed by atoms with Crippen molar-refractivity contribution in [2.75, 3.05) is 20.1 Å². The van der Waals surface area contributed by atoms with Gasteiger partial charge < -0.3 is 21.3 Å². The molecule has 4 N–H and O–H groups in total. The van der Waals surface area contributed by atoms with Crippen LogP contribution in [-0.2, 0) is 11.3 Å². The Kier molecular flexibility index (Phi) is 11.0. The molecular weight excluding hydrogens is 371 g/mol. The molecule has 0 aromatic heterocycles. The van der Waals surface area contributed by atoms with Crippen molar-refractivity contribution < 1.29 is 14.0 Å². The van der Waals surface area contributed by atoms with Gasteiger partial charge in [0.1, 0.15) is 11.9 Å². The summed E-state index contributed by atoms with van der Waals surface area (Å²) < 4.78 is 12.9. The lowest BCUT2D eigenvalue weighted by molar-refractivity contribution is -0.133. The number of benzene rings is 1. The highest BCUT2D eigenvalue weighted by atomic mass is 35.5. The summed E-state index contributed by atoms with van der Waals surface area (Å²) in [4.78, 5) is 26.4. The molecule has 0 aliphatic rings. The molecule has 0 spiro atoms. The maximum Gasteiger partial charge on any atom is 0.315 e. The van der Waals surface area contributed by atoms with E-state index in [1.165, 1.54) is 12.1 Å². The molecule has 0 aliphatic heterocycles. The highest BCUT2D eigenvalue weighted by Gasteiger charge is 2.27. The third-order valence-corrected chi connectivity index (χ3v) is 4.14. The van der Waals surface area contributed by atoms with E-state index in [4.69, 9.17) is 5.73 Å². The van der Waals surface area contributed by atoms with E-state index in [-0.39, 0.29) is 36.1 Å². The van der Waals surface area contributed by atoms with E-state index in [1.807, 2.05) is 20.8 Å². The minimum atomic E-state index is -0.591. The molecule has 1 aromatic rings. The van der Waals surface area contributed by atoms with Gasteiger partial charge >= 0.3 is 6.03 Å². The summed E-state index contributed by atoms with van der Waals surface area (Å²) in [5.41, 5.74) is 6.32. The molecule has 1 atom stereocenters. The van der Waals surface area contributed by atoms with Gasteiger partial charge in [-0.25, -0.2) is 9.18 Å². The Morgan fingerprint density at radius 3 is 2.37 bits per heavy atom. The average Bonchev–Trinajstić information content (AvgIpc) is 2.60. The Labute approximate surface area is 167 Å². The number of nitrogens with one attached hydrogen (secondary N) is 2. The summed E-state index contributed by atoms with van der Waals surface area (Å²) in [5.74, 6) is -0.458. The summed E-state index contributed by atoms with van der Waals surface area (Å²) in [6.45, 7) is 7.19. The molecular formula is C19H32ClFN4O2. The Balaban J connectivity index is 0.00000676. The van der Waals surface area contributed by atoms with Crippen molar-refractivity contribution in [2.45, 2.75) is 46.2 Å². The number of amides is 3. The number of hydrogen-bond donors (Lipinski definition) is 3. The summed E-state index contributed by atoms with van der Waals surface area (Å²) in [7, 11) is 1.72. The predicted molar refractivity (Wildman–Crippen MR) is 108 cm³/mol. The first kappa shape index (κ1) is 25.1. The second-order valence-electron chi connectivity index (χ2n) is 7.36. The predicted octanol–water partition coefficient (Wildman–Crippen LogP) is 2.66. The van der Waals surface area contributed by atoms with Crippen LogP contribution in [0.15, 0.2) is 24.3 Å². The third-order valence-electron chi connectivity index (χ3n) is 4.14. The molecule has 1 aromatic carbocycles. The smallest absolute Gasteiger partial charge is 0.315 e. The zero-order valence-corrected chi connectivity index (χ0v) is 17.4. The van der Waals surface area contributed by atoms with E-state index in [2.05, 4.69) is 10.6 Å².